The number of aromatic nitrogens is 2. The second kappa shape index (κ2) is 9.30. The number of hydrogen-bond donors (Lipinski definition) is 2. The Labute approximate surface area is 142 Å². The fraction of sp³-hybridized carbons (Fsp3) is 0.812. The number of unbranched alkanes of at least 4 members (excludes halogenated alkanes) is 1. The number of aryl methyl sites for hydroxylation is 1. The lowest BCUT2D eigenvalue weighted by Crippen LogP contribution is -2.49. The van der Waals surface area contributed by atoms with E-state index in [2.05, 4.69) is 27.3 Å². The number of aliphatic hydroxyl groups is 1. The highest BCUT2D eigenvalue weighted by Crippen LogP contribution is 2.22. The van der Waals surface area contributed by atoms with Gasteiger partial charge in [-0.25, -0.2) is 0 Å². The number of nitrogens with one attached hydrogen (secondary N) is 1. The molecule has 0 bridgehead atoms. The minimum Gasteiger partial charge on any atom is -0.392 e. The zero-order chi connectivity index (χ0) is 16.7. The quantitative estimate of drug-likeness (QED) is 0.760. The van der Waals surface area contributed by atoms with E-state index in [0.29, 0.717) is 11.7 Å². The zero-order valence-electron chi connectivity index (χ0n) is 14.1. The monoisotopic (exact) mass is 340 g/mol. The largest absolute Gasteiger partial charge is 0.392 e. The molecule has 1 aromatic rings. The van der Waals surface area contributed by atoms with Gasteiger partial charge in [0.2, 0.25) is 11.0 Å². The van der Waals surface area contributed by atoms with Crippen LogP contribution in [0.1, 0.15) is 57.4 Å². The van der Waals surface area contributed by atoms with Crippen molar-refractivity contribution in [2.24, 2.45) is 0 Å². The highest BCUT2D eigenvalue weighted by molar-refractivity contribution is 7.15. The number of rotatable bonds is 8. The number of anilines is 1. The smallest absolute Gasteiger partial charge is 0.240 e. The van der Waals surface area contributed by atoms with Crippen LogP contribution in [0.5, 0.6) is 0 Å². The first kappa shape index (κ1) is 18.3. The Morgan fingerprint density at radius 3 is 3.00 bits per heavy atom. The number of amides is 1. The predicted octanol–water partition coefficient (Wildman–Crippen LogP) is 2.44. The summed E-state index contributed by atoms with van der Waals surface area (Å²) in [5.74, 6) is -0.0709. The first-order chi connectivity index (χ1) is 11.1. The van der Waals surface area contributed by atoms with Crippen molar-refractivity contribution in [3.8, 4) is 0 Å². The molecule has 1 aliphatic rings. The summed E-state index contributed by atoms with van der Waals surface area (Å²) in [4.78, 5) is 14.4. The van der Waals surface area contributed by atoms with Crippen molar-refractivity contribution < 1.29 is 9.90 Å². The third kappa shape index (κ3) is 5.51. The fourth-order valence-corrected chi connectivity index (χ4v) is 3.80. The average molecular weight is 340 g/mol. The number of piperidine rings is 1. The summed E-state index contributed by atoms with van der Waals surface area (Å²) in [5, 5.41) is 22.7. The molecule has 0 aliphatic carbocycles. The summed E-state index contributed by atoms with van der Waals surface area (Å²) in [5.41, 5.74) is 0. The summed E-state index contributed by atoms with van der Waals surface area (Å²) < 4.78 is 0. The molecule has 1 fully saturated rings. The van der Waals surface area contributed by atoms with Gasteiger partial charge in [-0.1, -0.05) is 38.0 Å². The Kier molecular flexibility index (Phi) is 7.39. The third-order valence-electron chi connectivity index (χ3n) is 4.33. The maximum atomic E-state index is 12.3. The van der Waals surface area contributed by atoms with Gasteiger partial charge in [0.1, 0.15) is 5.01 Å². The topological polar surface area (TPSA) is 78.4 Å². The van der Waals surface area contributed by atoms with Gasteiger partial charge in [-0.3, -0.25) is 15.0 Å². The molecule has 1 amide bonds. The first-order valence-electron chi connectivity index (χ1n) is 8.68. The van der Waals surface area contributed by atoms with Crippen LogP contribution in [0.4, 0.5) is 5.13 Å². The SMILES string of the molecule is CCCCc1nnc(NC(=O)CN2CCCCC2C(O)CC)s1. The molecule has 2 heterocycles. The highest BCUT2D eigenvalue weighted by Gasteiger charge is 2.29. The Hall–Kier alpha value is -1.05. The van der Waals surface area contributed by atoms with Gasteiger partial charge in [0.25, 0.3) is 0 Å². The van der Waals surface area contributed by atoms with Gasteiger partial charge >= 0.3 is 0 Å². The molecule has 1 aliphatic heterocycles. The fourth-order valence-electron chi connectivity index (χ4n) is 3.00. The molecule has 130 valence electrons. The van der Waals surface area contributed by atoms with Crippen LogP contribution in [0.3, 0.4) is 0 Å². The lowest BCUT2D eigenvalue weighted by molar-refractivity contribution is -0.119. The van der Waals surface area contributed by atoms with Crippen LogP contribution in [-0.4, -0.2) is 51.3 Å². The Bertz CT molecular complexity index is 494. The predicted molar refractivity (Wildman–Crippen MR) is 92.7 cm³/mol. The summed E-state index contributed by atoms with van der Waals surface area (Å²) in [6.07, 6.45) is 6.66. The minimum atomic E-state index is -0.356. The Balaban J connectivity index is 1.86. The molecular weight excluding hydrogens is 312 g/mol. The molecule has 23 heavy (non-hydrogen) atoms. The highest BCUT2D eigenvalue weighted by atomic mass is 32.1. The molecule has 0 aromatic carbocycles. The third-order valence-corrected chi connectivity index (χ3v) is 5.23. The number of likely N-dealkylation sites (tertiary alicyclic amines) is 1. The molecule has 7 heteroatoms. The van der Waals surface area contributed by atoms with Crippen molar-refractivity contribution in [1.82, 2.24) is 15.1 Å². The molecule has 6 nitrogen and oxygen atoms in total. The lowest BCUT2D eigenvalue weighted by atomic mass is 9.96. The van der Waals surface area contributed by atoms with Crippen molar-refractivity contribution in [2.75, 3.05) is 18.4 Å². The molecule has 0 saturated carbocycles. The molecule has 2 atom stereocenters. The molecule has 2 N–H and O–H groups in total. The number of carbonyl (C=O) groups excluding carboxylic acids is 1. The van der Waals surface area contributed by atoms with Crippen molar-refractivity contribution in [1.29, 1.82) is 0 Å². The van der Waals surface area contributed by atoms with Crippen LogP contribution in [-0.2, 0) is 11.2 Å². The van der Waals surface area contributed by atoms with Crippen molar-refractivity contribution in [3.63, 3.8) is 0 Å². The van der Waals surface area contributed by atoms with Gasteiger partial charge < -0.3 is 5.11 Å². The summed E-state index contributed by atoms with van der Waals surface area (Å²) in [6.45, 7) is 5.30. The van der Waals surface area contributed by atoms with Gasteiger partial charge in [0.15, 0.2) is 0 Å². The van der Waals surface area contributed by atoms with E-state index in [1.165, 1.54) is 11.3 Å². The minimum absolute atomic E-state index is 0.0709. The van der Waals surface area contributed by atoms with E-state index in [1.807, 2.05) is 6.92 Å². The zero-order valence-corrected chi connectivity index (χ0v) is 14.9. The van der Waals surface area contributed by atoms with Crippen LogP contribution in [0.2, 0.25) is 0 Å². The van der Waals surface area contributed by atoms with Crippen molar-refractivity contribution in [2.45, 2.75) is 70.9 Å². The van der Waals surface area contributed by atoms with Gasteiger partial charge in [-0.05, 0) is 32.2 Å². The van der Waals surface area contributed by atoms with E-state index >= 15 is 0 Å². The van der Waals surface area contributed by atoms with Gasteiger partial charge in [0.05, 0.1) is 12.6 Å². The molecule has 0 spiro atoms. The lowest BCUT2D eigenvalue weighted by Gasteiger charge is -2.37. The Morgan fingerprint density at radius 1 is 1.43 bits per heavy atom. The van der Waals surface area contributed by atoms with Gasteiger partial charge in [-0.2, -0.15) is 0 Å². The van der Waals surface area contributed by atoms with E-state index in [9.17, 15) is 9.90 Å². The molecule has 0 radical (unpaired) electrons. The van der Waals surface area contributed by atoms with Gasteiger partial charge in [0, 0.05) is 12.5 Å². The standard InChI is InChI=1S/C16H28N4O2S/c1-3-5-9-15-18-19-16(23-15)17-14(22)11-20-10-7-6-8-12(20)13(21)4-2/h12-13,21H,3-11H2,1-2H3,(H,17,19,22). The van der Waals surface area contributed by atoms with Crippen LogP contribution in [0.15, 0.2) is 0 Å². The first-order valence-corrected chi connectivity index (χ1v) is 9.50. The van der Waals surface area contributed by atoms with Crippen LogP contribution >= 0.6 is 11.3 Å². The second-order valence-electron chi connectivity index (χ2n) is 6.16. The van der Waals surface area contributed by atoms with Crippen LogP contribution in [0, 0.1) is 0 Å². The van der Waals surface area contributed by atoms with Crippen LogP contribution < -0.4 is 5.32 Å². The number of carbonyl (C=O) groups is 1. The van der Waals surface area contributed by atoms with E-state index < -0.39 is 0 Å². The van der Waals surface area contributed by atoms with Crippen LogP contribution in [0.25, 0.3) is 0 Å². The molecule has 2 rings (SSSR count). The number of nitrogens with zero attached hydrogens (tertiary/aromatic N) is 3. The maximum Gasteiger partial charge on any atom is 0.240 e. The maximum absolute atomic E-state index is 12.3. The van der Waals surface area contributed by atoms with Crippen molar-refractivity contribution >= 4 is 22.4 Å². The Morgan fingerprint density at radius 2 is 2.26 bits per heavy atom. The van der Waals surface area contributed by atoms with Gasteiger partial charge in [-0.15, -0.1) is 10.2 Å². The molecule has 1 saturated heterocycles. The van der Waals surface area contributed by atoms with E-state index in [1.54, 1.807) is 0 Å². The molecule has 2 unspecified atom stereocenters. The molecular formula is C16H28N4O2S. The van der Waals surface area contributed by atoms with E-state index in [-0.39, 0.29) is 18.1 Å². The second-order valence-corrected chi connectivity index (χ2v) is 7.22. The average Bonchev–Trinajstić information content (AvgIpc) is 2.99. The summed E-state index contributed by atoms with van der Waals surface area (Å²) >= 11 is 1.45. The van der Waals surface area contributed by atoms with Crippen molar-refractivity contribution in [3.05, 3.63) is 5.01 Å². The number of aliphatic hydroxyl groups excluding tert-OH is 1. The normalized spacial score (nSPS) is 20.4. The van der Waals surface area contributed by atoms with E-state index in [0.717, 1.165) is 56.5 Å². The summed E-state index contributed by atoms with van der Waals surface area (Å²) in [6, 6.07) is 0.0917. The number of hydrogen-bond acceptors (Lipinski definition) is 6. The summed E-state index contributed by atoms with van der Waals surface area (Å²) in [7, 11) is 0. The molecule has 1 aromatic heterocycles. The van der Waals surface area contributed by atoms with E-state index in [4.69, 9.17) is 0 Å².